The second-order valence-electron chi connectivity index (χ2n) is 12.0. The molecular weight excluding hydrogens is 384 g/mol. The van der Waals surface area contributed by atoms with Crippen molar-refractivity contribution in [2.24, 2.45) is 29.1 Å². The molecule has 3 N–H and O–H groups in total. The fraction of sp³-hybridized carbons (Fsp3) is 0.857. The molecular formula is C28H48O3. The van der Waals surface area contributed by atoms with Crippen LogP contribution < -0.4 is 0 Å². The molecule has 3 saturated carbocycles. The van der Waals surface area contributed by atoms with E-state index in [1.165, 1.54) is 44.1 Å². The minimum absolute atomic E-state index is 0.0243. The Labute approximate surface area is 191 Å². The molecule has 3 rings (SSSR count). The molecule has 0 aromatic heterocycles. The van der Waals surface area contributed by atoms with E-state index in [0.29, 0.717) is 30.1 Å². The SMILES string of the molecule is CCC1[C@H](O)CC(=C/C=C2\CCC[C@@]3(C)C2CC[C@@H]3[C@H](C)CCCC(C)(C)O)C[C@H]1O. The van der Waals surface area contributed by atoms with E-state index in [1.807, 2.05) is 13.8 Å². The standard InChI is InChI=1S/C28H48O3/c1-6-22-25(29)17-20(18-26(22)30)11-12-21-10-8-16-28(5)23(13-14-24(21)28)19(2)9-7-15-27(3,4)31/h11-12,19,22-26,29-31H,6-10,13-18H2,1-5H3/b20-11?,21-12+/t19-,22?,23-,24?,25-,26-,28-/m1/s1. The Morgan fingerprint density at radius 2 is 1.81 bits per heavy atom. The molecule has 0 aromatic rings. The minimum atomic E-state index is -0.548. The van der Waals surface area contributed by atoms with Crippen molar-refractivity contribution in [3.05, 3.63) is 23.3 Å². The van der Waals surface area contributed by atoms with E-state index in [-0.39, 0.29) is 5.92 Å². The monoisotopic (exact) mass is 432 g/mol. The largest absolute Gasteiger partial charge is 0.392 e. The summed E-state index contributed by atoms with van der Waals surface area (Å²) in [6, 6.07) is 0. The zero-order valence-electron chi connectivity index (χ0n) is 20.7. The topological polar surface area (TPSA) is 60.7 Å². The molecule has 3 heteroatoms. The summed E-state index contributed by atoms with van der Waals surface area (Å²) in [7, 11) is 0. The molecule has 3 nitrogen and oxygen atoms in total. The van der Waals surface area contributed by atoms with E-state index in [0.717, 1.165) is 25.2 Å². The van der Waals surface area contributed by atoms with Crippen LogP contribution in [0.4, 0.5) is 0 Å². The van der Waals surface area contributed by atoms with Gasteiger partial charge >= 0.3 is 0 Å². The molecule has 0 heterocycles. The molecule has 0 spiro atoms. The highest BCUT2D eigenvalue weighted by Crippen LogP contribution is 2.60. The summed E-state index contributed by atoms with van der Waals surface area (Å²) in [5.41, 5.74) is 2.66. The van der Waals surface area contributed by atoms with Gasteiger partial charge in [-0.2, -0.15) is 0 Å². The highest BCUT2D eigenvalue weighted by molar-refractivity contribution is 5.26. The molecule has 0 radical (unpaired) electrons. The predicted octanol–water partition coefficient (Wildman–Crippen LogP) is 6.17. The van der Waals surface area contributed by atoms with Gasteiger partial charge in [-0.05, 0) is 94.8 Å². The zero-order chi connectivity index (χ0) is 22.8. The number of fused-ring (bicyclic) bond motifs is 1. The quantitative estimate of drug-likeness (QED) is 0.450. The average Bonchev–Trinajstić information content (AvgIpc) is 3.02. The van der Waals surface area contributed by atoms with Crippen molar-refractivity contribution >= 4 is 0 Å². The van der Waals surface area contributed by atoms with Gasteiger partial charge in [-0.25, -0.2) is 0 Å². The molecule has 6 atom stereocenters. The molecule has 31 heavy (non-hydrogen) atoms. The maximum atomic E-state index is 10.4. The van der Waals surface area contributed by atoms with Gasteiger partial charge in [-0.1, -0.05) is 56.9 Å². The average molecular weight is 433 g/mol. The minimum Gasteiger partial charge on any atom is -0.392 e. The Hall–Kier alpha value is -0.640. The van der Waals surface area contributed by atoms with Gasteiger partial charge in [0.2, 0.25) is 0 Å². The van der Waals surface area contributed by atoms with Gasteiger partial charge in [0.05, 0.1) is 17.8 Å². The van der Waals surface area contributed by atoms with Crippen LogP contribution in [0, 0.1) is 29.1 Å². The first-order chi connectivity index (χ1) is 14.5. The second-order valence-corrected chi connectivity index (χ2v) is 12.0. The van der Waals surface area contributed by atoms with Gasteiger partial charge in [0.15, 0.2) is 0 Å². The molecule has 0 aliphatic heterocycles. The summed E-state index contributed by atoms with van der Waals surface area (Å²) in [5.74, 6) is 2.20. The third kappa shape index (κ3) is 5.84. The van der Waals surface area contributed by atoms with Crippen molar-refractivity contribution in [3.8, 4) is 0 Å². The van der Waals surface area contributed by atoms with E-state index in [4.69, 9.17) is 0 Å². The summed E-state index contributed by atoms with van der Waals surface area (Å²) in [6.45, 7) is 10.9. The van der Waals surface area contributed by atoms with Crippen LogP contribution in [0.25, 0.3) is 0 Å². The number of allylic oxidation sites excluding steroid dienone is 3. The van der Waals surface area contributed by atoms with E-state index in [9.17, 15) is 15.3 Å². The second kappa shape index (κ2) is 10.1. The number of hydrogen-bond acceptors (Lipinski definition) is 3. The summed E-state index contributed by atoms with van der Waals surface area (Å²) in [4.78, 5) is 0. The maximum Gasteiger partial charge on any atom is 0.0630 e. The lowest BCUT2D eigenvalue weighted by Gasteiger charge is -2.44. The normalized spacial score (nSPS) is 38.9. The van der Waals surface area contributed by atoms with Crippen LogP contribution in [0.3, 0.4) is 0 Å². The van der Waals surface area contributed by atoms with Crippen LogP contribution in [-0.4, -0.2) is 33.1 Å². The van der Waals surface area contributed by atoms with Crippen LogP contribution in [0.1, 0.15) is 105 Å². The van der Waals surface area contributed by atoms with Crippen LogP contribution in [0.2, 0.25) is 0 Å². The van der Waals surface area contributed by atoms with Gasteiger partial charge < -0.3 is 15.3 Å². The number of hydrogen-bond donors (Lipinski definition) is 3. The fourth-order valence-electron chi connectivity index (χ4n) is 7.36. The predicted molar refractivity (Wildman–Crippen MR) is 129 cm³/mol. The maximum absolute atomic E-state index is 10.4. The lowest BCUT2D eigenvalue weighted by molar-refractivity contribution is -0.00700. The number of aliphatic hydroxyl groups excluding tert-OH is 2. The van der Waals surface area contributed by atoms with Crippen molar-refractivity contribution in [3.63, 3.8) is 0 Å². The Kier molecular flexibility index (Phi) is 8.14. The smallest absolute Gasteiger partial charge is 0.0630 e. The number of rotatable bonds is 7. The van der Waals surface area contributed by atoms with Crippen molar-refractivity contribution in [2.45, 2.75) is 123 Å². The third-order valence-electron chi connectivity index (χ3n) is 9.11. The van der Waals surface area contributed by atoms with E-state index in [2.05, 4.69) is 32.9 Å². The van der Waals surface area contributed by atoms with E-state index in [1.54, 1.807) is 5.57 Å². The molecule has 3 aliphatic carbocycles. The van der Waals surface area contributed by atoms with Gasteiger partial charge in [0.1, 0.15) is 0 Å². The molecule has 3 aliphatic rings. The van der Waals surface area contributed by atoms with Crippen molar-refractivity contribution < 1.29 is 15.3 Å². The first-order valence-electron chi connectivity index (χ1n) is 13.0. The summed E-state index contributed by atoms with van der Waals surface area (Å²) in [5, 5.41) is 30.9. The van der Waals surface area contributed by atoms with Crippen molar-refractivity contribution in [1.29, 1.82) is 0 Å². The van der Waals surface area contributed by atoms with Crippen molar-refractivity contribution in [2.75, 3.05) is 0 Å². The lowest BCUT2D eigenvalue weighted by atomic mass is 9.60. The molecule has 0 amide bonds. The van der Waals surface area contributed by atoms with Gasteiger partial charge in [-0.15, -0.1) is 0 Å². The first kappa shape index (κ1) is 25.0. The van der Waals surface area contributed by atoms with Crippen LogP contribution in [0.15, 0.2) is 23.3 Å². The Morgan fingerprint density at radius 3 is 2.42 bits per heavy atom. The van der Waals surface area contributed by atoms with Gasteiger partial charge in [-0.3, -0.25) is 0 Å². The molecule has 0 bridgehead atoms. The van der Waals surface area contributed by atoms with Crippen LogP contribution in [-0.2, 0) is 0 Å². The molecule has 1 unspecified atom stereocenters. The highest BCUT2D eigenvalue weighted by atomic mass is 16.3. The summed E-state index contributed by atoms with van der Waals surface area (Å²) >= 11 is 0. The van der Waals surface area contributed by atoms with E-state index >= 15 is 0 Å². The zero-order valence-corrected chi connectivity index (χ0v) is 20.7. The Morgan fingerprint density at radius 1 is 1.13 bits per heavy atom. The van der Waals surface area contributed by atoms with E-state index < -0.39 is 17.8 Å². The summed E-state index contributed by atoms with van der Waals surface area (Å²) in [6.07, 6.45) is 15.7. The molecule has 3 fully saturated rings. The molecule has 0 saturated heterocycles. The Balaban J connectivity index is 1.66. The van der Waals surface area contributed by atoms with Gasteiger partial charge in [0.25, 0.3) is 0 Å². The third-order valence-corrected chi connectivity index (χ3v) is 9.11. The first-order valence-corrected chi connectivity index (χ1v) is 13.0. The van der Waals surface area contributed by atoms with Gasteiger partial charge in [0, 0.05) is 5.92 Å². The van der Waals surface area contributed by atoms with Crippen molar-refractivity contribution in [1.82, 2.24) is 0 Å². The highest BCUT2D eigenvalue weighted by Gasteiger charge is 2.50. The lowest BCUT2D eigenvalue weighted by Crippen LogP contribution is -2.36. The fourth-order valence-corrected chi connectivity index (χ4v) is 7.36. The van der Waals surface area contributed by atoms with Crippen LogP contribution in [0.5, 0.6) is 0 Å². The summed E-state index contributed by atoms with van der Waals surface area (Å²) < 4.78 is 0. The Bertz CT molecular complexity index is 644. The van der Waals surface area contributed by atoms with Crippen LogP contribution >= 0.6 is 0 Å². The molecule has 0 aromatic carbocycles. The number of aliphatic hydroxyl groups is 3. The molecule has 178 valence electrons.